The molecular weight excluding hydrogens is 184 g/mol. The molecule has 2 rings (SSSR count). The molecule has 0 spiro atoms. The first-order valence-corrected chi connectivity index (χ1v) is 5.10. The molecule has 2 heteroatoms. The first-order chi connectivity index (χ1) is 7.33. The van der Waals surface area contributed by atoms with Crippen molar-refractivity contribution in [2.45, 2.75) is 20.4 Å². The molecule has 2 nitrogen and oxygen atoms in total. The summed E-state index contributed by atoms with van der Waals surface area (Å²) in [5.41, 5.74) is 4.72. The Kier molecular flexibility index (Phi) is 2.77. The fourth-order valence-electron chi connectivity index (χ4n) is 1.75. The lowest BCUT2D eigenvalue weighted by molar-refractivity contribution is 1.07. The third-order valence-corrected chi connectivity index (χ3v) is 2.50. The number of aryl methyl sites for hydroxylation is 1. The minimum Gasteiger partial charge on any atom is -0.288 e. The number of allylic oxidation sites excluding steroid dienone is 1. The Labute approximate surface area is 90.1 Å². The molecule has 1 aromatic carbocycles. The minimum absolute atomic E-state index is 0.719. The van der Waals surface area contributed by atoms with Crippen LogP contribution in [0.1, 0.15) is 23.6 Å². The first kappa shape index (κ1) is 9.84. The second-order valence-corrected chi connectivity index (χ2v) is 3.54. The minimum atomic E-state index is 0.719. The summed E-state index contributed by atoms with van der Waals surface area (Å²) in [7, 11) is 0. The van der Waals surface area contributed by atoms with Gasteiger partial charge in [0.2, 0.25) is 0 Å². The maximum absolute atomic E-state index is 4.43. The Morgan fingerprint density at radius 2 is 2.27 bits per heavy atom. The molecule has 0 bridgehead atoms. The number of nitrogens with zero attached hydrogens (tertiary/aromatic N) is 2. The molecule has 0 radical (unpaired) electrons. The summed E-state index contributed by atoms with van der Waals surface area (Å²) in [6.45, 7) is 4.74. The van der Waals surface area contributed by atoms with Crippen molar-refractivity contribution in [1.82, 2.24) is 0 Å². The van der Waals surface area contributed by atoms with E-state index in [4.69, 9.17) is 0 Å². The summed E-state index contributed by atoms with van der Waals surface area (Å²) < 4.78 is 0. The van der Waals surface area contributed by atoms with Crippen molar-refractivity contribution in [1.29, 1.82) is 0 Å². The Bertz CT molecular complexity index is 454. The number of rotatable bonds is 1. The predicted molar refractivity (Wildman–Crippen MR) is 66.2 cm³/mol. The summed E-state index contributed by atoms with van der Waals surface area (Å²) in [4.78, 5) is 8.74. The number of hydrogen-bond donors (Lipinski definition) is 0. The van der Waals surface area contributed by atoms with Crippen molar-refractivity contribution in [3.63, 3.8) is 0 Å². The van der Waals surface area contributed by atoms with Crippen LogP contribution in [0.4, 0.5) is 5.69 Å². The van der Waals surface area contributed by atoms with Gasteiger partial charge in [0.05, 0.1) is 12.2 Å². The van der Waals surface area contributed by atoms with Crippen molar-refractivity contribution in [3.8, 4) is 0 Å². The Hall–Kier alpha value is -1.70. The van der Waals surface area contributed by atoms with Crippen LogP contribution in [0, 0.1) is 6.92 Å². The van der Waals surface area contributed by atoms with Gasteiger partial charge in [0, 0.05) is 18.0 Å². The van der Waals surface area contributed by atoms with Crippen LogP contribution in [-0.4, -0.2) is 12.4 Å². The molecule has 1 heterocycles. The van der Waals surface area contributed by atoms with E-state index < -0.39 is 0 Å². The van der Waals surface area contributed by atoms with Gasteiger partial charge < -0.3 is 0 Å². The molecule has 0 unspecified atom stereocenters. The fraction of sp³-hybridized carbons (Fsp3) is 0.231. The monoisotopic (exact) mass is 198 g/mol. The van der Waals surface area contributed by atoms with E-state index >= 15 is 0 Å². The van der Waals surface area contributed by atoms with Crippen LogP contribution in [0.25, 0.3) is 6.08 Å². The molecule has 15 heavy (non-hydrogen) atoms. The molecule has 1 aromatic rings. The second-order valence-electron chi connectivity index (χ2n) is 3.54. The van der Waals surface area contributed by atoms with E-state index in [1.54, 1.807) is 0 Å². The number of fused-ring (bicyclic) bond motifs is 1. The van der Waals surface area contributed by atoms with Crippen LogP contribution in [0.2, 0.25) is 0 Å². The summed E-state index contributed by atoms with van der Waals surface area (Å²) >= 11 is 0. The highest BCUT2D eigenvalue weighted by atomic mass is 14.8. The van der Waals surface area contributed by atoms with Crippen molar-refractivity contribution < 1.29 is 0 Å². The lowest BCUT2D eigenvalue weighted by atomic mass is 10.0. The predicted octanol–water partition coefficient (Wildman–Crippen LogP) is 3.31. The van der Waals surface area contributed by atoms with Gasteiger partial charge in [-0.1, -0.05) is 18.2 Å². The van der Waals surface area contributed by atoms with Crippen LogP contribution in [-0.2, 0) is 6.54 Å². The molecule has 0 aliphatic carbocycles. The molecule has 1 aliphatic rings. The zero-order valence-electron chi connectivity index (χ0n) is 9.07. The lowest BCUT2D eigenvalue weighted by Gasteiger charge is -2.09. The van der Waals surface area contributed by atoms with Gasteiger partial charge in [0.15, 0.2) is 0 Å². The van der Waals surface area contributed by atoms with Gasteiger partial charge in [-0.2, -0.15) is 0 Å². The van der Waals surface area contributed by atoms with Gasteiger partial charge in [-0.25, -0.2) is 0 Å². The largest absolute Gasteiger partial charge is 0.288 e. The zero-order valence-corrected chi connectivity index (χ0v) is 9.07. The van der Waals surface area contributed by atoms with Crippen LogP contribution < -0.4 is 0 Å². The molecule has 0 N–H and O–H groups in total. The molecule has 0 saturated heterocycles. The normalized spacial score (nSPS) is 14.3. The SMILES string of the molecule is C/C=N\c1c(C)ccc2c1CN=CC=C2. The maximum Gasteiger partial charge on any atom is 0.0711 e. The molecule has 0 saturated carbocycles. The molecule has 76 valence electrons. The molecule has 0 fully saturated rings. The number of benzene rings is 1. The van der Waals surface area contributed by atoms with Crippen LogP contribution in [0.5, 0.6) is 0 Å². The molecule has 0 amide bonds. The average Bonchev–Trinajstić information content (AvgIpc) is 2.47. The van der Waals surface area contributed by atoms with Crippen LogP contribution in [0.15, 0.2) is 28.2 Å². The van der Waals surface area contributed by atoms with Crippen molar-refractivity contribution >= 4 is 24.2 Å². The van der Waals surface area contributed by atoms with E-state index in [2.05, 4.69) is 35.1 Å². The maximum atomic E-state index is 4.43. The Balaban J connectivity index is 2.63. The van der Waals surface area contributed by atoms with Crippen molar-refractivity contribution in [3.05, 3.63) is 34.9 Å². The zero-order chi connectivity index (χ0) is 10.7. The Morgan fingerprint density at radius 1 is 1.40 bits per heavy atom. The van der Waals surface area contributed by atoms with E-state index in [0.717, 1.165) is 12.2 Å². The van der Waals surface area contributed by atoms with Gasteiger partial charge in [0.25, 0.3) is 0 Å². The second kappa shape index (κ2) is 4.22. The topological polar surface area (TPSA) is 24.7 Å². The highest BCUT2D eigenvalue weighted by Gasteiger charge is 2.08. The highest BCUT2D eigenvalue weighted by Crippen LogP contribution is 2.29. The number of aliphatic imine (C=N–C) groups is 2. The van der Waals surface area contributed by atoms with Gasteiger partial charge in [0.1, 0.15) is 0 Å². The van der Waals surface area contributed by atoms with E-state index in [1.807, 2.05) is 25.4 Å². The van der Waals surface area contributed by atoms with Gasteiger partial charge in [-0.3, -0.25) is 9.98 Å². The third kappa shape index (κ3) is 1.89. The highest BCUT2D eigenvalue weighted by molar-refractivity contribution is 5.82. The van der Waals surface area contributed by atoms with Gasteiger partial charge in [-0.15, -0.1) is 0 Å². The third-order valence-electron chi connectivity index (χ3n) is 2.50. The molecule has 0 aromatic heterocycles. The van der Waals surface area contributed by atoms with Crippen LogP contribution in [0.3, 0.4) is 0 Å². The molecule has 0 atom stereocenters. The number of hydrogen-bond acceptors (Lipinski definition) is 2. The summed E-state index contributed by atoms with van der Waals surface area (Å²) in [6.07, 6.45) is 7.73. The van der Waals surface area contributed by atoms with E-state index in [1.165, 1.54) is 16.7 Å². The van der Waals surface area contributed by atoms with E-state index in [-0.39, 0.29) is 0 Å². The smallest absolute Gasteiger partial charge is 0.0711 e. The van der Waals surface area contributed by atoms with E-state index in [0.29, 0.717) is 0 Å². The molecule has 1 aliphatic heterocycles. The van der Waals surface area contributed by atoms with Crippen LogP contribution >= 0.6 is 0 Å². The summed E-state index contributed by atoms with van der Waals surface area (Å²) in [5, 5.41) is 0. The summed E-state index contributed by atoms with van der Waals surface area (Å²) in [6, 6.07) is 4.24. The first-order valence-electron chi connectivity index (χ1n) is 5.10. The quantitative estimate of drug-likeness (QED) is 0.618. The fourth-order valence-corrected chi connectivity index (χ4v) is 1.75. The average molecular weight is 198 g/mol. The van der Waals surface area contributed by atoms with Gasteiger partial charge >= 0.3 is 0 Å². The Morgan fingerprint density at radius 3 is 3.07 bits per heavy atom. The standard InChI is InChI=1S/C13H14N2/c1-3-15-13-10(2)6-7-11-5-4-8-14-9-12(11)13/h3-8H,9H2,1-2H3/b15-3-. The molecular formula is C13H14N2. The van der Waals surface area contributed by atoms with Crippen molar-refractivity contribution in [2.24, 2.45) is 9.98 Å². The van der Waals surface area contributed by atoms with Crippen molar-refractivity contribution in [2.75, 3.05) is 0 Å². The van der Waals surface area contributed by atoms with E-state index in [9.17, 15) is 0 Å². The lowest BCUT2D eigenvalue weighted by Crippen LogP contribution is -1.90. The van der Waals surface area contributed by atoms with Gasteiger partial charge in [-0.05, 0) is 31.1 Å². The summed E-state index contributed by atoms with van der Waals surface area (Å²) in [5.74, 6) is 0.